The Labute approximate surface area is 316 Å². The minimum Gasteiger partial charge on any atom is -0.481 e. The maximum Gasteiger partial charge on any atom is 0.224 e. The molecule has 2 amide bonds. The number of nitrogens with zero attached hydrogens (tertiary/aromatic N) is 8. The summed E-state index contributed by atoms with van der Waals surface area (Å²) in [7, 11) is 3.20. The lowest BCUT2D eigenvalue weighted by Gasteiger charge is -2.45. The number of hydrogen-bond donors (Lipinski definition) is 2. The van der Waals surface area contributed by atoms with Crippen molar-refractivity contribution in [3.63, 3.8) is 0 Å². The van der Waals surface area contributed by atoms with Crippen LogP contribution in [-0.4, -0.2) is 68.0 Å². The van der Waals surface area contributed by atoms with Gasteiger partial charge >= 0.3 is 0 Å². The number of carbonyl (C=O) groups is 2. The van der Waals surface area contributed by atoms with Gasteiger partial charge in [-0.05, 0) is 69.6 Å². The van der Waals surface area contributed by atoms with Gasteiger partial charge in [-0.15, -0.1) is 0 Å². The molecule has 2 fully saturated rings. The summed E-state index contributed by atoms with van der Waals surface area (Å²) in [4.78, 5) is 55.6. The SMILES string of the molecule is COc1cc2c(cn1)[C@H](Nc1nccc(C)n1)[C@@H](C)[C@H](C1CC1)N2C(C)=O.COc1nccc2c1[C@H](Nc1nccc(C)n1)[C@@H](C)[C@H](C1CC1)N2C(C)=O. The summed E-state index contributed by atoms with van der Waals surface area (Å²) in [5.41, 5.74) is 5.42. The van der Waals surface area contributed by atoms with Gasteiger partial charge < -0.3 is 29.9 Å². The second kappa shape index (κ2) is 15.2. The molecule has 4 aliphatic rings. The fourth-order valence-corrected chi connectivity index (χ4v) is 8.48. The molecule has 4 aromatic rings. The van der Waals surface area contributed by atoms with Gasteiger partial charge in [0.2, 0.25) is 35.5 Å². The van der Waals surface area contributed by atoms with Gasteiger partial charge in [-0.1, -0.05) is 13.8 Å². The first-order valence-electron chi connectivity index (χ1n) is 18.8. The largest absolute Gasteiger partial charge is 0.481 e. The zero-order valence-corrected chi connectivity index (χ0v) is 32.3. The summed E-state index contributed by atoms with van der Waals surface area (Å²) in [5, 5.41) is 6.99. The number of amides is 2. The lowest BCUT2D eigenvalue weighted by molar-refractivity contribution is -0.118. The molecule has 8 rings (SSSR count). The van der Waals surface area contributed by atoms with Crippen LogP contribution >= 0.6 is 0 Å². The molecule has 2 aliphatic heterocycles. The summed E-state index contributed by atoms with van der Waals surface area (Å²) < 4.78 is 10.9. The van der Waals surface area contributed by atoms with E-state index in [1.807, 2.05) is 47.9 Å². The van der Waals surface area contributed by atoms with E-state index in [1.165, 1.54) is 0 Å². The number of methoxy groups -OCH3 is 2. The topological polar surface area (TPSA) is 160 Å². The number of pyridine rings is 2. The predicted molar refractivity (Wildman–Crippen MR) is 206 cm³/mol. The summed E-state index contributed by atoms with van der Waals surface area (Å²) >= 11 is 0. The van der Waals surface area contributed by atoms with Crippen LogP contribution in [0.15, 0.2) is 49.1 Å². The molecule has 0 radical (unpaired) electrons. The van der Waals surface area contributed by atoms with Crippen molar-refractivity contribution >= 4 is 35.1 Å². The number of nitrogens with one attached hydrogen (secondary N) is 2. The Balaban J connectivity index is 0.000000167. The number of rotatable bonds is 8. The quantitative estimate of drug-likeness (QED) is 0.210. The normalized spacial score (nSPS) is 24.3. The van der Waals surface area contributed by atoms with E-state index in [9.17, 15) is 9.59 Å². The third-order valence-corrected chi connectivity index (χ3v) is 11.2. The Morgan fingerprint density at radius 2 is 1.22 bits per heavy atom. The van der Waals surface area contributed by atoms with Crippen molar-refractivity contribution < 1.29 is 19.1 Å². The summed E-state index contributed by atoms with van der Waals surface area (Å²) in [5.74, 6) is 3.74. The average molecular weight is 735 g/mol. The van der Waals surface area contributed by atoms with Gasteiger partial charge in [-0.2, -0.15) is 0 Å². The van der Waals surface area contributed by atoms with E-state index in [1.54, 1.807) is 52.9 Å². The van der Waals surface area contributed by atoms with Crippen LogP contribution in [-0.2, 0) is 9.59 Å². The maximum absolute atomic E-state index is 12.6. The molecule has 14 heteroatoms. The van der Waals surface area contributed by atoms with E-state index in [-0.39, 0.29) is 47.8 Å². The highest BCUT2D eigenvalue weighted by molar-refractivity contribution is 5.95. The highest BCUT2D eigenvalue weighted by Gasteiger charge is 2.50. The number of aryl methyl sites for hydroxylation is 2. The Kier molecular flexibility index (Phi) is 10.4. The fourth-order valence-electron chi connectivity index (χ4n) is 8.48. The van der Waals surface area contributed by atoms with E-state index < -0.39 is 0 Å². The van der Waals surface area contributed by atoms with Crippen LogP contribution in [0.1, 0.15) is 88.0 Å². The van der Waals surface area contributed by atoms with E-state index in [0.717, 1.165) is 59.6 Å². The van der Waals surface area contributed by atoms with Gasteiger partial charge in [0, 0.05) is 85.6 Å². The molecule has 6 atom stereocenters. The monoisotopic (exact) mass is 734 g/mol. The van der Waals surface area contributed by atoms with E-state index >= 15 is 0 Å². The molecule has 0 saturated heterocycles. The van der Waals surface area contributed by atoms with E-state index in [4.69, 9.17) is 9.47 Å². The highest BCUT2D eigenvalue weighted by atomic mass is 16.5. The first-order chi connectivity index (χ1) is 26.0. The molecular weight excluding hydrogens is 685 g/mol. The van der Waals surface area contributed by atoms with Crippen molar-refractivity contribution in [3.05, 3.63) is 71.6 Å². The van der Waals surface area contributed by atoms with Crippen molar-refractivity contribution in [2.45, 2.75) is 91.4 Å². The fraction of sp³-hybridized carbons (Fsp3) is 0.500. The molecule has 2 N–H and O–H groups in total. The van der Waals surface area contributed by atoms with E-state index in [0.29, 0.717) is 35.5 Å². The van der Waals surface area contributed by atoms with Crippen LogP contribution in [0.5, 0.6) is 11.8 Å². The summed E-state index contributed by atoms with van der Waals surface area (Å²) in [6.45, 7) is 11.5. The smallest absolute Gasteiger partial charge is 0.224 e. The standard InChI is InChI=1S/2C20H25N5O2/c1-11-7-9-22-20(23-11)24-17-12(2)18(14-5-6-14)25(13(3)26)15-8-10-21-19(27-4)16(15)17;1-11-7-8-21-20(23-11)24-18-12(2)19(14-5-6-14)25(13(3)26)16-9-17(27-4)22-10-15(16)18/h7-10,12,14,17-18H,5-6H2,1-4H3,(H,22,23,24);7-10,12,14,18-19H,5-6H2,1-4H3,(H,21,23,24)/t12-,17-,18-;12-,18-,19-/m11/s1. The van der Waals surface area contributed by atoms with E-state index in [2.05, 4.69) is 54.4 Å². The Bertz CT molecular complexity index is 1990. The average Bonchev–Trinajstić information content (AvgIpc) is 4.08. The summed E-state index contributed by atoms with van der Waals surface area (Å²) in [6.07, 6.45) is 11.6. The molecule has 0 unspecified atom stereocenters. The molecule has 4 aromatic heterocycles. The second-order valence-corrected chi connectivity index (χ2v) is 15.0. The molecule has 284 valence electrons. The zero-order chi connectivity index (χ0) is 38.3. The van der Waals surface area contributed by atoms with Crippen molar-refractivity contribution in [2.24, 2.45) is 23.7 Å². The first kappa shape index (κ1) is 36.9. The number of fused-ring (bicyclic) bond motifs is 2. The Morgan fingerprint density at radius 3 is 1.72 bits per heavy atom. The van der Waals surface area contributed by atoms with Gasteiger partial charge in [0.15, 0.2) is 0 Å². The van der Waals surface area contributed by atoms with Crippen LogP contribution in [0.25, 0.3) is 0 Å². The van der Waals surface area contributed by atoms with Crippen molar-refractivity contribution in [3.8, 4) is 11.8 Å². The molecular formula is C40H50N10O4. The number of hydrogen-bond acceptors (Lipinski definition) is 12. The minimum absolute atomic E-state index is 0.0265. The van der Waals surface area contributed by atoms with Crippen LogP contribution in [0, 0.1) is 37.5 Å². The zero-order valence-electron chi connectivity index (χ0n) is 32.3. The third-order valence-electron chi connectivity index (χ3n) is 11.2. The molecule has 0 bridgehead atoms. The van der Waals surface area contributed by atoms with Crippen LogP contribution in [0.2, 0.25) is 0 Å². The minimum atomic E-state index is -0.0911. The number of carbonyl (C=O) groups excluding carboxylic acids is 2. The van der Waals surface area contributed by atoms with Gasteiger partial charge in [0.1, 0.15) is 0 Å². The van der Waals surface area contributed by atoms with Gasteiger partial charge in [0.05, 0.1) is 43.2 Å². The third kappa shape index (κ3) is 7.25. The molecule has 54 heavy (non-hydrogen) atoms. The van der Waals surface area contributed by atoms with Crippen LogP contribution in [0.3, 0.4) is 0 Å². The van der Waals surface area contributed by atoms with Gasteiger partial charge in [0.25, 0.3) is 0 Å². The van der Waals surface area contributed by atoms with Crippen molar-refractivity contribution in [1.29, 1.82) is 0 Å². The lowest BCUT2D eigenvalue weighted by Crippen LogP contribution is -2.51. The van der Waals surface area contributed by atoms with Crippen molar-refractivity contribution in [2.75, 3.05) is 34.7 Å². The maximum atomic E-state index is 12.6. The number of aromatic nitrogens is 6. The molecule has 14 nitrogen and oxygen atoms in total. The summed E-state index contributed by atoms with van der Waals surface area (Å²) in [6, 6.07) is 7.69. The first-order valence-corrected chi connectivity index (χ1v) is 18.8. The van der Waals surface area contributed by atoms with Crippen LogP contribution < -0.4 is 29.9 Å². The highest BCUT2D eigenvalue weighted by Crippen LogP contribution is 2.52. The molecule has 0 spiro atoms. The molecule has 2 saturated carbocycles. The Morgan fingerprint density at radius 1 is 0.704 bits per heavy atom. The van der Waals surface area contributed by atoms with Crippen molar-refractivity contribution in [1.82, 2.24) is 29.9 Å². The van der Waals surface area contributed by atoms with Crippen LogP contribution in [0.4, 0.5) is 23.3 Å². The Hall–Kier alpha value is -5.40. The van der Waals surface area contributed by atoms with Gasteiger partial charge in [-0.3, -0.25) is 9.59 Å². The number of anilines is 4. The number of ether oxygens (including phenoxy) is 2. The van der Waals surface area contributed by atoms with Gasteiger partial charge in [-0.25, -0.2) is 29.9 Å². The molecule has 0 aromatic carbocycles. The molecule has 2 aliphatic carbocycles. The predicted octanol–water partition coefficient (Wildman–Crippen LogP) is 6.25. The lowest BCUT2D eigenvalue weighted by atomic mass is 9.80. The second-order valence-electron chi connectivity index (χ2n) is 15.0. The molecule has 6 heterocycles.